The first-order valence-corrected chi connectivity index (χ1v) is 23.3. The lowest BCUT2D eigenvalue weighted by atomic mass is 10.0. The number of hydrogen-bond acceptors (Lipinski definition) is 9. The molecule has 4 atom stereocenters. The minimum Gasteiger partial charge on any atom is -0.463 e. The number of aliphatic hydroxyl groups is 1. The van der Waals surface area contributed by atoms with Gasteiger partial charge in [0.25, 0.3) is 0 Å². The third-order valence-electron chi connectivity index (χ3n) is 11.0. The van der Waals surface area contributed by atoms with Gasteiger partial charge in [0.1, 0.15) is 12.7 Å². The van der Waals surface area contributed by atoms with E-state index >= 15 is 0 Å². The maximum absolute atomic E-state index is 12.9. The van der Waals surface area contributed by atoms with Gasteiger partial charge in [0, 0.05) is 19.4 Å². The number of unbranched alkanes of at least 4 members (excludes halogenated alkanes) is 28. The van der Waals surface area contributed by atoms with Crippen molar-refractivity contribution in [3.63, 3.8) is 0 Å². The molecule has 1 aliphatic heterocycles. The number of carbonyl (C=O) groups is 3. The van der Waals surface area contributed by atoms with Crippen molar-refractivity contribution in [3.05, 3.63) is 0 Å². The lowest BCUT2D eigenvalue weighted by molar-refractivity contribution is -0.177. The molecule has 0 aliphatic carbocycles. The Morgan fingerprint density at radius 1 is 0.473 bits per heavy atom. The lowest BCUT2D eigenvalue weighted by Crippen LogP contribution is -2.42. The molecule has 1 unspecified atom stereocenters. The minimum absolute atomic E-state index is 0.198. The zero-order chi connectivity index (χ0) is 40.2. The Kier molecular flexibility index (Phi) is 34.2. The molecule has 1 rings (SSSR count). The van der Waals surface area contributed by atoms with Crippen LogP contribution >= 0.6 is 0 Å². The van der Waals surface area contributed by atoms with Gasteiger partial charge < -0.3 is 29.0 Å². The highest BCUT2D eigenvalue weighted by Gasteiger charge is 2.49. The minimum atomic E-state index is -1.47. The Morgan fingerprint density at radius 3 is 1.15 bits per heavy atom. The molecule has 0 aromatic heterocycles. The van der Waals surface area contributed by atoms with Gasteiger partial charge in [0.05, 0.1) is 6.42 Å². The summed E-state index contributed by atoms with van der Waals surface area (Å²) in [6, 6.07) is 0. The summed E-state index contributed by atoms with van der Waals surface area (Å²) in [7, 11) is 3.74. The number of hydrogen-bond donors (Lipinski definition) is 1. The molecular weight excluding hydrogens is 695 g/mol. The van der Waals surface area contributed by atoms with Crippen LogP contribution in [0.1, 0.15) is 226 Å². The topological polar surface area (TPSA) is 112 Å². The van der Waals surface area contributed by atoms with Crippen molar-refractivity contribution in [2.24, 2.45) is 0 Å². The third-order valence-corrected chi connectivity index (χ3v) is 11.0. The van der Waals surface area contributed by atoms with E-state index in [2.05, 4.69) is 13.8 Å². The summed E-state index contributed by atoms with van der Waals surface area (Å²) in [5.41, 5.74) is 0. The Labute approximate surface area is 338 Å². The van der Waals surface area contributed by atoms with Gasteiger partial charge in [-0.3, -0.25) is 14.4 Å². The van der Waals surface area contributed by atoms with Gasteiger partial charge in [0.2, 0.25) is 0 Å². The molecule has 1 saturated heterocycles. The van der Waals surface area contributed by atoms with Crippen LogP contribution in [-0.4, -0.2) is 79.8 Å². The molecule has 1 aliphatic rings. The van der Waals surface area contributed by atoms with E-state index in [4.69, 9.17) is 18.9 Å². The van der Waals surface area contributed by atoms with E-state index in [9.17, 15) is 19.5 Å². The summed E-state index contributed by atoms with van der Waals surface area (Å²) in [6.07, 6.45) is 33.3. The van der Waals surface area contributed by atoms with Crippen LogP contribution in [-0.2, 0) is 33.3 Å². The van der Waals surface area contributed by atoms with Crippen molar-refractivity contribution in [3.8, 4) is 0 Å². The van der Waals surface area contributed by atoms with Crippen LogP contribution in [0, 0.1) is 0 Å². The fourth-order valence-corrected chi connectivity index (χ4v) is 7.37. The fourth-order valence-electron chi connectivity index (χ4n) is 7.37. The predicted octanol–water partition coefficient (Wildman–Crippen LogP) is 11.5. The van der Waals surface area contributed by atoms with Crippen molar-refractivity contribution in [1.29, 1.82) is 0 Å². The third kappa shape index (κ3) is 30.1. The maximum Gasteiger partial charge on any atom is 0.307 e. The summed E-state index contributed by atoms with van der Waals surface area (Å²) >= 11 is 0. The first-order chi connectivity index (χ1) is 26.8. The van der Waals surface area contributed by atoms with Crippen LogP contribution < -0.4 is 0 Å². The van der Waals surface area contributed by atoms with Gasteiger partial charge in [-0.15, -0.1) is 0 Å². The number of nitrogens with zero attached hydrogens (tertiary/aromatic N) is 1. The van der Waals surface area contributed by atoms with E-state index < -0.39 is 42.5 Å². The van der Waals surface area contributed by atoms with Crippen LogP contribution in [0.15, 0.2) is 0 Å². The highest BCUT2D eigenvalue weighted by Crippen LogP contribution is 2.28. The first kappa shape index (κ1) is 51.3. The molecule has 0 bridgehead atoms. The standard InChI is InChI=1S/C46H87NO8/c1-5-7-9-11-13-15-17-19-21-23-25-27-29-31-33-35-42(49)54-44-40(39-52-41(48)37-38-47(3)4)53-46(51)45(44)55-43(50)36-34-32-30-28-26-24-22-20-18-16-14-12-10-8-6-2/h40,44-46,51H,5-39H2,1-4H3/t40-,44?,45+,46-/m1/s1. The molecule has 0 saturated carbocycles. The van der Waals surface area contributed by atoms with Gasteiger partial charge in [0.15, 0.2) is 18.5 Å². The zero-order valence-electron chi connectivity index (χ0n) is 36.3. The molecule has 1 N–H and O–H groups in total. The second-order valence-corrected chi connectivity index (χ2v) is 16.6. The first-order valence-electron chi connectivity index (χ1n) is 23.3. The normalized spacial score (nSPS) is 18.2. The van der Waals surface area contributed by atoms with E-state index in [1.807, 2.05) is 19.0 Å². The Bertz CT molecular complexity index is 914. The second-order valence-electron chi connectivity index (χ2n) is 16.6. The Morgan fingerprint density at radius 2 is 0.800 bits per heavy atom. The van der Waals surface area contributed by atoms with Crippen molar-refractivity contribution in [1.82, 2.24) is 4.90 Å². The zero-order valence-corrected chi connectivity index (χ0v) is 36.3. The summed E-state index contributed by atoms with van der Waals surface area (Å²) < 4.78 is 22.5. The van der Waals surface area contributed by atoms with E-state index in [1.165, 1.54) is 154 Å². The number of carbonyl (C=O) groups excluding carboxylic acids is 3. The Hall–Kier alpha value is -1.71. The van der Waals surface area contributed by atoms with Gasteiger partial charge in [-0.1, -0.05) is 194 Å². The summed E-state index contributed by atoms with van der Waals surface area (Å²) in [6.45, 7) is 4.85. The number of ether oxygens (including phenoxy) is 4. The molecule has 0 radical (unpaired) electrons. The predicted molar refractivity (Wildman–Crippen MR) is 224 cm³/mol. The van der Waals surface area contributed by atoms with E-state index in [1.54, 1.807) is 0 Å². The van der Waals surface area contributed by atoms with Crippen LogP contribution in [0.2, 0.25) is 0 Å². The monoisotopic (exact) mass is 782 g/mol. The average Bonchev–Trinajstić information content (AvgIpc) is 3.45. The molecule has 9 nitrogen and oxygen atoms in total. The Balaban J connectivity index is 2.35. The largest absolute Gasteiger partial charge is 0.463 e. The maximum atomic E-state index is 12.9. The second kappa shape index (κ2) is 36.6. The van der Waals surface area contributed by atoms with Gasteiger partial charge in [-0.05, 0) is 26.9 Å². The van der Waals surface area contributed by atoms with Crippen LogP contribution in [0.4, 0.5) is 0 Å². The molecule has 0 amide bonds. The molecule has 324 valence electrons. The van der Waals surface area contributed by atoms with Crippen molar-refractivity contribution in [2.75, 3.05) is 27.2 Å². The van der Waals surface area contributed by atoms with E-state index in [0.717, 1.165) is 25.7 Å². The van der Waals surface area contributed by atoms with Crippen LogP contribution in [0.3, 0.4) is 0 Å². The quantitative estimate of drug-likeness (QED) is 0.0370. The molecule has 55 heavy (non-hydrogen) atoms. The molecule has 9 heteroatoms. The number of esters is 3. The molecule has 1 fully saturated rings. The van der Waals surface area contributed by atoms with Crippen molar-refractivity contribution in [2.45, 2.75) is 250 Å². The van der Waals surface area contributed by atoms with E-state index in [-0.39, 0.29) is 25.9 Å². The summed E-state index contributed by atoms with van der Waals surface area (Å²) in [4.78, 5) is 40.0. The summed E-state index contributed by atoms with van der Waals surface area (Å²) in [5.74, 6) is -1.29. The highest BCUT2D eigenvalue weighted by molar-refractivity contribution is 5.71. The molecule has 1 heterocycles. The molecule has 0 spiro atoms. The smallest absolute Gasteiger partial charge is 0.307 e. The molecule has 0 aromatic carbocycles. The van der Waals surface area contributed by atoms with Gasteiger partial charge in [-0.25, -0.2) is 0 Å². The van der Waals surface area contributed by atoms with Crippen molar-refractivity contribution < 1.29 is 38.4 Å². The van der Waals surface area contributed by atoms with E-state index in [0.29, 0.717) is 19.4 Å². The fraction of sp³-hybridized carbons (Fsp3) is 0.935. The average molecular weight is 782 g/mol. The number of aliphatic hydroxyl groups excluding tert-OH is 1. The van der Waals surface area contributed by atoms with Crippen molar-refractivity contribution >= 4 is 17.9 Å². The SMILES string of the molecule is CCCCCCCCCCCCCCCCCC(=O)OC1[C@@H](COC(=O)CCN(C)C)O[C@@H](O)[C@H]1OC(=O)CCCCCCCCCCCCCCCCC. The molecule has 0 aromatic rings. The lowest BCUT2D eigenvalue weighted by Gasteiger charge is -2.23. The van der Waals surface area contributed by atoms with Gasteiger partial charge >= 0.3 is 17.9 Å². The summed E-state index contributed by atoms with van der Waals surface area (Å²) in [5, 5.41) is 10.7. The highest BCUT2D eigenvalue weighted by atomic mass is 16.7. The van der Waals surface area contributed by atoms with Gasteiger partial charge in [-0.2, -0.15) is 0 Å². The number of rotatable bonds is 39. The molecular formula is C46H87NO8. The van der Waals surface area contributed by atoms with Crippen LogP contribution in [0.5, 0.6) is 0 Å². The van der Waals surface area contributed by atoms with Crippen LogP contribution in [0.25, 0.3) is 0 Å².